The van der Waals surface area contributed by atoms with E-state index in [0.717, 1.165) is 0 Å². The Balaban J connectivity index is 4.09. The average molecular weight is 272 g/mol. The molecule has 2 unspecified atom stereocenters. The summed E-state index contributed by atoms with van der Waals surface area (Å²) in [5, 5.41) is 2.65. The zero-order valence-electron chi connectivity index (χ0n) is 12.8. The number of nitrogens with one attached hydrogen (secondary N) is 1. The maximum atomic E-state index is 11.6. The fourth-order valence-electron chi connectivity index (χ4n) is 1.24. The largest absolute Gasteiger partial charge is 0.460 e. The fraction of sp³-hybridized carbons (Fsp3) is 0.786. The molecule has 0 aliphatic rings. The quantitative estimate of drug-likeness (QED) is 0.755. The van der Waals surface area contributed by atoms with Crippen molar-refractivity contribution in [3.63, 3.8) is 0 Å². The van der Waals surface area contributed by atoms with Crippen LogP contribution in [0.3, 0.4) is 0 Å². The first-order chi connectivity index (χ1) is 8.65. The third-order valence-electron chi connectivity index (χ3n) is 2.40. The van der Waals surface area contributed by atoms with E-state index >= 15 is 0 Å². The summed E-state index contributed by atoms with van der Waals surface area (Å²) in [6.45, 7) is 10.8. The van der Waals surface area contributed by atoms with E-state index < -0.39 is 17.8 Å². The van der Waals surface area contributed by atoms with Crippen LogP contribution < -0.4 is 5.32 Å². The smallest absolute Gasteiger partial charge is 0.407 e. The summed E-state index contributed by atoms with van der Waals surface area (Å²) < 4.78 is 10.3. The lowest BCUT2D eigenvalue weighted by Gasteiger charge is -2.24. The van der Waals surface area contributed by atoms with Crippen molar-refractivity contribution in [2.24, 2.45) is 0 Å². The maximum Gasteiger partial charge on any atom is 0.407 e. The van der Waals surface area contributed by atoms with E-state index in [0.29, 0.717) is 12.8 Å². The van der Waals surface area contributed by atoms with Gasteiger partial charge >= 0.3 is 12.1 Å². The van der Waals surface area contributed by atoms with Crippen LogP contribution in [0.15, 0.2) is 0 Å². The molecule has 0 saturated heterocycles. The third kappa shape index (κ3) is 9.33. The molecular formula is C14H26NO4. The predicted octanol–water partition coefficient (Wildman–Crippen LogP) is 2.84. The SMILES string of the molecule is C[CH]CCC(=O)OC(C)C(C)NC(=O)OC(C)(C)C. The first-order valence-corrected chi connectivity index (χ1v) is 6.62. The zero-order valence-corrected chi connectivity index (χ0v) is 12.8. The number of unbranched alkanes of at least 4 members (excludes halogenated alkanes) is 1. The van der Waals surface area contributed by atoms with Crippen molar-refractivity contribution in [3.05, 3.63) is 6.42 Å². The van der Waals surface area contributed by atoms with Crippen molar-refractivity contribution < 1.29 is 19.1 Å². The van der Waals surface area contributed by atoms with Gasteiger partial charge in [-0.3, -0.25) is 4.79 Å². The molecule has 0 aliphatic carbocycles. The van der Waals surface area contributed by atoms with Gasteiger partial charge in [-0.25, -0.2) is 4.79 Å². The van der Waals surface area contributed by atoms with E-state index in [4.69, 9.17) is 9.47 Å². The van der Waals surface area contributed by atoms with Crippen molar-refractivity contribution in [2.75, 3.05) is 0 Å². The normalized spacial score (nSPS) is 14.4. The van der Waals surface area contributed by atoms with Gasteiger partial charge in [-0.1, -0.05) is 6.92 Å². The van der Waals surface area contributed by atoms with E-state index in [1.165, 1.54) is 0 Å². The topological polar surface area (TPSA) is 64.6 Å². The summed E-state index contributed by atoms with van der Waals surface area (Å²) in [6.07, 6.45) is 2.06. The van der Waals surface area contributed by atoms with Gasteiger partial charge in [0.1, 0.15) is 11.7 Å². The Morgan fingerprint density at radius 1 is 1.26 bits per heavy atom. The highest BCUT2D eigenvalue weighted by Crippen LogP contribution is 2.08. The highest BCUT2D eigenvalue weighted by atomic mass is 16.6. The number of carbonyl (C=O) groups is 2. The van der Waals surface area contributed by atoms with Crippen molar-refractivity contribution in [3.8, 4) is 0 Å². The molecule has 0 saturated carbocycles. The molecule has 0 aliphatic heterocycles. The minimum atomic E-state index is -0.541. The molecule has 5 heteroatoms. The van der Waals surface area contributed by atoms with Crippen LogP contribution in [0.5, 0.6) is 0 Å². The lowest BCUT2D eigenvalue weighted by atomic mass is 10.2. The Morgan fingerprint density at radius 3 is 2.32 bits per heavy atom. The molecule has 0 aromatic rings. The molecule has 2 atom stereocenters. The van der Waals surface area contributed by atoms with Crippen LogP contribution in [0.4, 0.5) is 4.79 Å². The monoisotopic (exact) mass is 272 g/mol. The number of rotatable bonds is 6. The van der Waals surface area contributed by atoms with Gasteiger partial charge < -0.3 is 14.8 Å². The summed E-state index contributed by atoms with van der Waals surface area (Å²) >= 11 is 0. The lowest BCUT2D eigenvalue weighted by molar-refractivity contribution is -0.149. The minimum Gasteiger partial charge on any atom is -0.460 e. The molecule has 0 aromatic heterocycles. The number of ether oxygens (including phenoxy) is 2. The summed E-state index contributed by atoms with van der Waals surface area (Å²) in [5.74, 6) is -0.261. The van der Waals surface area contributed by atoms with Crippen molar-refractivity contribution in [1.29, 1.82) is 0 Å². The molecular weight excluding hydrogens is 246 g/mol. The second-order valence-corrected chi connectivity index (χ2v) is 5.58. The zero-order chi connectivity index (χ0) is 15.1. The number of hydrogen-bond donors (Lipinski definition) is 1. The standard InChI is InChI=1S/C14H26NO4/c1-7-8-9-12(16)18-11(3)10(2)15-13(17)19-14(4,5)6/h7,10-11H,8-9H2,1-6H3,(H,15,17). The molecule has 19 heavy (non-hydrogen) atoms. The lowest BCUT2D eigenvalue weighted by Crippen LogP contribution is -2.44. The number of carbonyl (C=O) groups excluding carboxylic acids is 2. The molecule has 5 nitrogen and oxygen atoms in total. The molecule has 0 fully saturated rings. The Morgan fingerprint density at radius 2 is 1.84 bits per heavy atom. The summed E-state index contributed by atoms with van der Waals surface area (Å²) in [7, 11) is 0. The van der Waals surface area contributed by atoms with Gasteiger partial charge in [-0.05, 0) is 47.5 Å². The Hall–Kier alpha value is -1.26. The molecule has 0 rings (SSSR count). The van der Waals surface area contributed by atoms with E-state index in [-0.39, 0.29) is 12.0 Å². The summed E-state index contributed by atoms with van der Waals surface area (Å²) in [6, 6.07) is -0.301. The second-order valence-electron chi connectivity index (χ2n) is 5.58. The third-order valence-corrected chi connectivity index (χ3v) is 2.40. The second kappa shape index (κ2) is 8.02. The first kappa shape index (κ1) is 17.7. The van der Waals surface area contributed by atoms with Gasteiger partial charge in [0.25, 0.3) is 0 Å². The molecule has 1 N–H and O–H groups in total. The van der Waals surface area contributed by atoms with Gasteiger partial charge in [-0.15, -0.1) is 0 Å². The van der Waals surface area contributed by atoms with Crippen LogP contribution in [-0.2, 0) is 14.3 Å². The van der Waals surface area contributed by atoms with Crippen LogP contribution in [-0.4, -0.2) is 29.8 Å². The minimum absolute atomic E-state index is 0.261. The molecule has 111 valence electrons. The van der Waals surface area contributed by atoms with Gasteiger partial charge in [0.15, 0.2) is 0 Å². The van der Waals surface area contributed by atoms with E-state index in [1.807, 2.05) is 13.3 Å². The summed E-state index contributed by atoms with van der Waals surface area (Å²) in [5.41, 5.74) is -0.541. The van der Waals surface area contributed by atoms with E-state index in [1.54, 1.807) is 34.6 Å². The fourth-order valence-corrected chi connectivity index (χ4v) is 1.24. The highest BCUT2D eigenvalue weighted by molar-refractivity contribution is 5.70. The number of esters is 1. The van der Waals surface area contributed by atoms with Crippen molar-refractivity contribution in [2.45, 2.75) is 72.1 Å². The molecule has 1 amide bonds. The molecule has 0 aromatic carbocycles. The number of alkyl carbamates (subject to hydrolysis) is 1. The van der Waals surface area contributed by atoms with Gasteiger partial charge in [0.2, 0.25) is 0 Å². The van der Waals surface area contributed by atoms with E-state index in [9.17, 15) is 9.59 Å². The van der Waals surface area contributed by atoms with Crippen LogP contribution in [0.1, 0.15) is 54.4 Å². The van der Waals surface area contributed by atoms with Crippen LogP contribution in [0.2, 0.25) is 0 Å². The maximum absolute atomic E-state index is 11.6. The van der Waals surface area contributed by atoms with Gasteiger partial charge in [0.05, 0.1) is 6.04 Å². The molecule has 0 heterocycles. The van der Waals surface area contributed by atoms with E-state index in [2.05, 4.69) is 5.32 Å². The highest BCUT2D eigenvalue weighted by Gasteiger charge is 2.22. The number of hydrogen-bond acceptors (Lipinski definition) is 4. The molecule has 1 radical (unpaired) electrons. The van der Waals surface area contributed by atoms with Crippen molar-refractivity contribution in [1.82, 2.24) is 5.32 Å². The van der Waals surface area contributed by atoms with Crippen LogP contribution in [0, 0.1) is 6.42 Å². The average Bonchev–Trinajstić information content (AvgIpc) is 2.23. The van der Waals surface area contributed by atoms with Gasteiger partial charge in [0, 0.05) is 6.42 Å². The predicted molar refractivity (Wildman–Crippen MR) is 73.6 cm³/mol. The molecule has 0 spiro atoms. The number of amides is 1. The van der Waals surface area contributed by atoms with Crippen molar-refractivity contribution >= 4 is 12.1 Å². The Bertz CT molecular complexity index is 296. The van der Waals surface area contributed by atoms with Crippen LogP contribution in [0.25, 0.3) is 0 Å². The Labute approximate surface area is 116 Å². The van der Waals surface area contributed by atoms with Crippen LogP contribution >= 0.6 is 0 Å². The first-order valence-electron chi connectivity index (χ1n) is 6.62. The van der Waals surface area contributed by atoms with Gasteiger partial charge in [-0.2, -0.15) is 0 Å². The molecule has 0 bridgehead atoms. The Kier molecular flexibility index (Phi) is 7.49. The summed E-state index contributed by atoms with van der Waals surface area (Å²) in [4.78, 5) is 23.0.